The van der Waals surface area contributed by atoms with E-state index in [1.807, 2.05) is 6.20 Å². The van der Waals surface area contributed by atoms with Gasteiger partial charge in [0.25, 0.3) is 0 Å². The molecule has 0 bridgehead atoms. The smallest absolute Gasteiger partial charge is 0.366 e. The number of piperidine rings is 1. The number of anilines is 1. The number of hydrogen-bond donors (Lipinski definition) is 1. The lowest BCUT2D eigenvalue weighted by Gasteiger charge is -2.36. The van der Waals surface area contributed by atoms with Crippen molar-refractivity contribution in [2.45, 2.75) is 58.2 Å². The molecule has 0 amide bonds. The van der Waals surface area contributed by atoms with Crippen molar-refractivity contribution in [3.05, 3.63) is 22.9 Å². The van der Waals surface area contributed by atoms with Gasteiger partial charge in [-0.05, 0) is 54.4 Å². The summed E-state index contributed by atoms with van der Waals surface area (Å²) in [7, 11) is -1.06. The van der Waals surface area contributed by atoms with Gasteiger partial charge >= 0.3 is 6.15 Å². The van der Waals surface area contributed by atoms with Crippen LogP contribution in [-0.2, 0) is 21.1 Å². The van der Waals surface area contributed by atoms with Gasteiger partial charge in [-0.2, -0.15) is 9.59 Å². The molecule has 166 valence electrons. The minimum Gasteiger partial charge on any atom is -0.366 e. The van der Waals surface area contributed by atoms with Crippen molar-refractivity contribution in [1.29, 1.82) is 0 Å². The van der Waals surface area contributed by atoms with Crippen molar-refractivity contribution in [2.75, 3.05) is 31.1 Å². The van der Waals surface area contributed by atoms with Crippen LogP contribution in [0.15, 0.2) is 22.9 Å². The van der Waals surface area contributed by atoms with E-state index in [9.17, 15) is 0 Å². The summed E-state index contributed by atoms with van der Waals surface area (Å²) in [5.74, 6) is 0. The average Bonchev–Trinajstić information content (AvgIpc) is 3.11. The van der Waals surface area contributed by atoms with Gasteiger partial charge in [0.1, 0.15) is 12.4 Å². The van der Waals surface area contributed by atoms with Crippen LogP contribution in [0.1, 0.15) is 19.8 Å². The Bertz CT molecular complexity index is 841. The molecule has 0 spiro atoms. The third-order valence-electron chi connectivity index (χ3n) is 5.28. The van der Waals surface area contributed by atoms with Gasteiger partial charge in [-0.15, -0.1) is 0 Å². The van der Waals surface area contributed by atoms with E-state index in [-0.39, 0.29) is 6.15 Å². The molecule has 1 N–H and O–H groups in total. The second-order valence-electron chi connectivity index (χ2n) is 8.70. The number of hydrogen-bond acceptors (Lipinski definition) is 6. The summed E-state index contributed by atoms with van der Waals surface area (Å²) in [4.78, 5) is 23.5. The molecule has 0 radical (unpaired) electrons. The van der Waals surface area contributed by atoms with Crippen molar-refractivity contribution in [3.8, 4) is 0 Å². The first-order chi connectivity index (χ1) is 14.3. The topological polar surface area (TPSA) is 76.5 Å². The molecule has 1 fully saturated rings. The Balaban J connectivity index is 0.00000101. The Labute approximate surface area is 188 Å². The van der Waals surface area contributed by atoms with Crippen LogP contribution < -0.4 is 10.2 Å². The third-order valence-corrected chi connectivity index (χ3v) is 7.57. The highest BCUT2D eigenvalue weighted by Crippen LogP contribution is 2.36. The first-order valence-electron chi connectivity index (χ1n) is 10.5. The fraction of sp³-hybridized carbons (Fsp3) is 0.619. The quantitative estimate of drug-likeness (QED) is 0.437. The molecule has 1 aliphatic rings. The molecule has 0 saturated carbocycles. The summed E-state index contributed by atoms with van der Waals surface area (Å²) in [6, 6.07) is 3.90. The molecule has 1 atom stereocenters. The van der Waals surface area contributed by atoms with Gasteiger partial charge < -0.3 is 19.5 Å². The molecule has 0 unspecified atom stereocenters. The van der Waals surface area contributed by atoms with Crippen LogP contribution in [0.2, 0.25) is 25.7 Å². The molecule has 3 rings (SSSR count). The molecule has 7 nitrogen and oxygen atoms in total. The summed E-state index contributed by atoms with van der Waals surface area (Å²) in [5.41, 5.74) is 2.26. The molecule has 30 heavy (non-hydrogen) atoms. The monoisotopic (exact) mass is 496 g/mol. The summed E-state index contributed by atoms with van der Waals surface area (Å²) >= 11 is 3.76. The predicted octanol–water partition coefficient (Wildman–Crippen LogP) is 4.11. The second kappa shape index (κ2) is 11.8. The van der Waals surface area contributed by atoms with Crippen LogP contribution in [-0.4, -0.2) is 56.1 Å². The molecule has 3 heterocycles. The Kier molecular flexibility index (Phi) is 9.71. The van der Waals surface area contributed by atoms with Crippen LogP contribution in [0.25, 0.3) is 11.0 Å². The van der Waals surface area contributed by atoms with Crippen LogP contribution >= 0.6 is 15.9 Å². The van der Waals surface area contributed by atoms with E-state index in [2.05, 4.69) is 69.5 Å². The van der Waals surface area contributed by atoms with Gasteiger partial charge in [0, 0.05) is 51.6 Å². The molecule has 1 saturated heterocycles. The normalized spacial score (nSPS) is 16.6. The maximum absolute atomic E-state index is 8.12. The molecule has 2 aromatic rings. The van der Waals surface area contributed by atoms with Crippen LogP contribution in [0.4, 0.5) is 5.69 Å². The summed E-state index contributed by atoms with van der Waals surface area (Å²) in [6.45, 7) is 13.9. The van der Waals surface area contributed by atoms with Gasteiger partial charge in [-0.25, -0.2) is 4.98 Å². The molecule has 0 aliphatic carbocycles. The van der Waals surface area contributed by atoms with E-state index in [0.29, 0.717) is 12.8 Å². The van der Waals surface area contributed by atoms with Crippen molar-refractivity contribution < 1.29 is 14.3 Å². The fourth-order valence-electron chi connectivity index (χ4n) is 3.74. The molecular weight excluding hydrogens is 464 g/mol. The largest absolute Gasteiger partial charge is 0.373 e. The van der Waals surface area contributed by atoms with Gasteiger partial charge in [0.2, 0.25) is 0 Å². The van der Waals surface area contributed by atoms with Gasteiger partial charge in [0.05, 0.1) is 10.2 Å². The van der Waals surface area contributed by atoms with Crippen molar-refractivity contribution >= 4 is 46.9 Å². The van der Waals surface area contributed by atoms with Gasteiger partial charge in [0.15, 0.2) is 0 Å². The van der Waals surface area contributed by atoms with E-state index in [4.69, 9.17) is 19.3 Å². The highest BCUT2D eigenvalue weighted by atomic mass is 79.9. The number of likely N-dealkylation sites (N-methyl/N-ethyl adjacent to an activating group) is 1. The first kappa shape index (κ1) is 24.8. The Morgan fingerprint density at radius 1 is 1.40 bits per heavy atom. The Morgan fingerprint density at radius 3 is 2.73 bits per heavy atom. The van der Waals surface area contributed by atoms with E-state index >= 15 is 0 Å². The van der Waals surface area contributed by atoms with Crippen LogP contribution in [0.3, 0.4) is 0 Å². The zero-order chi connectivity index (χ0) is 22.1. The number of carbonyl (C=O) groups excluding carboxylic acids is 2. The third kappa shape index (κ3) is 6.75. The molecular formula is C21H33BrN4O3Si. The second-order valence-corrected chi connectivity index (χ2v) is 15.2. The number of rotatable bonds is 8. The summed E-state index contributed by atoms with van der Waals surface area (Å²) < 4.78 is 9.15. The average molecular weight is 498 g/mol. The first-order valence-corrected chi connectivity index (χ1v) is 15.0. The van der Waals surface area contributed by atoms with E-state index in [0.717, 1.165) is 36.4 Å². The van der Waals surface area contributed by atoms with Crippen molar-refractivity contribution in [3.63, 3.8) is 0 Å². The number of pyridine rings is 1. The SMILES string of the molecule is CCN(c1c(Br)cnc2c1ccn2COCC[Si](C)(C)C)[C@@H]1CCCNC1.O=C=O. The lowest BCUT2D eigenvalue weighted by Crippen LogP contribution is -2.46. The summed E-state index contributed by atoms with van der Waals surface area (Å²) in [6.07, 6.45) is 6.76. The van der Waals surface area contributed by atoms with E-state index in [1.54, 1.807) is 0 Å². The number of ether oxygens (including phenoxy) is 1. The Morgan fingerprint density at radius 2 is 2.13 bits per heavy atom. The van der Waals surface area contributed by atoms with Crippen molar-refractivity contribution in [2.24, 2.45) is 0 Å². The number of nitrogens with one attached hydrogen (secondary N) is 1. The zero-order valence-electron chi connectivity index (χ0n) is 18.4. The maximum atomic E-state index is 8.12. The molecule has 9 heteroatoms. The highest BCUT2D eigenvalue weighted by Gasteiger charge is 2.24. The van der Waals surface area contributed by atoms with Gasteiger partial charge in [-0.3, -0.25) is 0 Å². The minimum atomic E-state index is -1.06. The van der Waals surface area contributed by atoms with Crippen molar-refractivity contribution in [1.82, 2.24) is 14.9 Å². The molecule has 1 aliphatic heterocycles. The zero-order valence-corrected chi connectivity index (χ0v) is 21.0. The maximum Gasteiger partial charge on any atom is 0.373 e. The molecule has 2 aromatic heterocycles. The number of nitrogens with zero attached hydrogens (tertiary/aromatic N) is 3. The van der Waals surface area contributed by atoms with Gasteiger partial charge in [-0.1, -0.05) is 19.6 Å². The number of halogens is 1. The standard InChI is InChI=1S/C20H33BrN4OSi.CO2/c1-5-25(16-7-6-9-22-13-16)19-17-8-10-24(20(17)23-14-18(19)21)15-26-11-12-27(2,3)4;2-1-3/h8,10,14,16,22H,5-7,9,11-13,15H2,1-4H3;/t16-;/m1./s1. The van der Waals surface area contributed by atoms with E-state index < -0.39 is 8.07 Å². The minimum absolute atomic E-state index is 0.250. The lowest BCUT2D eigenvalue weighted by molar-refractivity contribution is -0.191. The Hall–Kier alpha value is -1.51. The van der Waals surface area contributed by atoms with Crippen LogP contribution in [0.5, 0.6) is 0 Å². The number of fused-ring (bicyclic) bond motifs is 1. The summed E-state index contributed by atoms with van der Waals surface area (Å²) in [5, 5.41) is 4.74. The molecule has 0 aromatic carbocycles. The van der Waals surface area contributed by atoms with Crippen LogP contribution in [0, 0.1) is 0 Å². The number of aromatic nitrogens is 2. The predicted molar refractivity (Wildman–Crippen MR) is 125 cm³/mol. The van der Waals surface area contributed by atoms with E-state index in [1.165, 1.54) is 30.0 Å². The fourth-order valence-corrected chi connectivity index (χ4v) is 5.04. The lowest BCUT2D eigenvalue weighted by atomic mass is 10.0. The highest BCUT2D eigenvalue weighted by molar-refractivity contribution is 9.10.